The third-order valence-corrected chi connectivity index (χ3v) is 6.54. The molecule has 2 aliphatic rings. The molecule has 0 amide bonds. The van der Waals surface area contributed by atoms with Crippen molar-refractivity contribution in [3.8, 4) is 0 Å². The van der Waals surface area contributed by atoms with Crippen LogP contribution in [0.2, 0.25) is 0 Å². The second-order valence-corrected chi connectivity index (χ2v) is 8.35. The number of carbonyl (C=O) groups excluding carboxylic acids is 1. The molecular formula is C18H21NO4S. The summed E-state index contributed by atoms with van der Waals surface area (Å²) in [6.45, 7) is 4.60. The predicted molar refractivity (Wildman–Crippen MR) is 90.8 cm³/mol. The van der Waals surface area contributed by atoms with E-state index in [9.17, 15) is 13.2 Å². The molecule has 0 N–H and O–H groups in total. The average Bonchev–Trinajstić information content (AvgIpc) is 2.97. The summed E-state index contributed by atoms with van der Waals surface area (Å²) < 4.78 is 32.0. The number of hydrogen-bond donors (Lipinski definition) is 0. The van der Waals surface area contributed by atoms with E-state index >= 15 is 0 Å². The highest BCUT2D eigenvalue weighted by Gasteiger charge is 2.38. The Morgan fingerprint density at radius 1 is 1.21 bits per heavy atom. The molecule has 1 fully saturated rings. The first-order valence-electron chi connectivity index (χ1n) is 7.88. The number of aryl methyl sites for hydroxylation is 1. The van der Waals surface area contributed by atoms with E-state index in [4.69, 9.17) is 4.74 Å². The van der Waals surface area contributed by atoms with Crippen LogP contribution in [0.3, 0.4) is 0 Å². The molecule has 1 aliphatic carbocycles. The van der Waals surface area contributed by atoms with Gasteiger partial charge < -0.3 is 4.74 Å². The molecule has 1 aromatic carbocycles. The van der Waals surface area contributed by atoms with E-state index in [0.29, 0.717) is 30.0 Å². The van der Waals surface area contributed by atoms with Crippen LogP contribution in [0.15, 0.2) is 52.0 Å². The molecule has 1 unspecified atom stereocenters. The molecule has 1 heterocycles. The van der Waals surface area contributed by atoms with Crippen LogP contribution in [0, 0.1) is 12.8 Å². The molecule has 0 bridgehead atoms. The molecule has 128 valence electrons. The van der Waals surface area contributed by atoms with E-state index < -0.39 is 10.0 Å². The Balaban J connectivity index is 1.86. The fourth-order valence-electron chi connectivity index (χ4n) is 3.29. The highest BCUT2D eigenvalue weighted by atomic mass is 32.2. The Bertz CT molecular complexity index is 834. The summed E-state index contributed by atoms with van der Waals surface area (Å²) in [5.41, 5.74) is 3.51. The van der Waals surface area contributed by atoms with Crippen molar-refractivity contribution in [2.75, 3.05) is 20.2 Å². The zero-order chi connectivity index (χ0) is 17.5. The van der Waals surface area contributed by atoms with Crippen LogP contribution < -0.4 is 0 Å². The van der Waals surface area contributed by atoms with Crippen LogP contribution in [0.4, 0.5) is 0 Å². The lowest BCUT2D eigenvalue weighted by Gasteiger charge is -2.19. The molecule has 6 heteroatoms. The summed E-state index contributed by atoms with van der Waals surface area (Å²) in [4.78, 5) is 12.2. The van der Waals surface area contributed by atoms with Crippen molar-refractivity contribution in [2.24, 2.45) is 5.92 Å². The van der Waals surface area contributed by atoms with E-state index in [1.54, 1.807) is 30.3 Å². The van der Waals surface area contributed by atoms with Gasteiger partial charge in [0.05, 0.1) is 17.6 Å². The number of benzene rings is 1. The predicted octanol–water partition coefficient (Wildman–Crippen LogP) is 2.44. The van der Waals surface area contributed by atoms with Crippen LogP contribution in [-0.2, 0) is 19.6 Å². The number of rotatable bonds is 3. The van der Waals surface area contributed by atoms with Gasteiger partial charge in [-0.3, -0.25) is 0 Å². The van der Waals surface area contributed by atoms with Crippen molar-refractivity contribution in [1.29, 1.82) is 0 Å². The Kier molecular flexibility index (Phi) is 4.36. The van der Waals surface area contributed by atoms with Gasteiger partial charge in [-0.05, 0) is 50.0 Å². The normalized spacial score (nSPS) is 21.5. The number of sulfonamides is 1. The lowest BCUT2D eigenvalue weighted by Crippen LogP contribution is -2.28. The zero-order valence-electron chi connectivity index (χ0n) is 14.1. The number of ether oxygens (including phenoxy) is 1. The second kappa shape index (κ2) is 6.18. The summed E-state index contributed by atoms with van der Waals surface area (Å²) >= 11 is 0. The van der Waals surface area contributed by atoms with E-state index in [-0.39, 0.29) is 11.9 Å². The lowest BCUT2D eigenvalue weighted by molar-refractivity contribution is -0.135. The maximum absolute atomic E-state index is 12.8. The fraction of sp³-hybridized carbons (Fsp3) is 0.389. The second-order valence-electron chi connectivity index (χ2n) is 6.42. The van der Waals surface area contributed by atoms with Gasteiger partial charge in [-0.15, -0.1) is 0 Å². The average molecular weight is 347 g/mol. The van der Waals surface area contributed by atoms with E-state index in [0.717, 1.165) is 16.7 Å². The summed E-state index contributed by atoms with van der Waals surface area (Å²) in [5.74, 6) is -0.225. The Labute approximate surface area is 142 Å². The van der Waals surface area contributed by atoms with Gasteiger partial charge in [-0.1, -0.05) is 23.3 Å². The van der Waals surface area contributed by atoms with Crippen molar-refractivity contribution in [1.82, 2.24) is 4.31 Å². The maximum Gasteiger partial charge on any atom is 0.337 e. The van der Waals surface area contributed by atoms with E-state index in [2.05, 4.69) is 0 Å². The molecule has 24 heavy (non-hydrogen) atoms. The quantitative estimate of drug-likeness (QED) is 0.788. The van der Waals surface area contributed by atoms with Crippen LogP contribution in [0.5, 0.6) is 0 Å². The first-order chi connectivity index (χ1) is 11.3. The summed E-state index contributed by atoms with van der Waals surface area (Å²) in [6.07, 6.45) is 2.50. The molecule has 0 spiro atoms. The minimum Gasteiger partial charge on any atom is -0.465 e. The van der Waals surface area contributed by atoms with E-state index in [1.807, 2.05) is 13.8 Å². The summed E-state index contributed by atoms with van der Waals surface area (Å²) in [5, 5.41) is 0. The number of esters is 1. The molecule has 0 radical (unpaired) electrons. The molecular weight excluding hydrogens is 326 g/mol. The van der Waals surface area contributed by atoms with Gasteiger partial charge in [0.15, 0.2) is 0 Å². The number of methoxy groups -OCH3 is 1. The number of hydrogen-bond acceptors (Lipinski definition) is 4. The van der Waals surface area contributed by atoms with Gasteiger partial charge in [0, 0.05) is 13.1 Å². The van der Waals surface area contributed by atoms with Crippen molar-refractivity contribution in [3.05, 3.63) is 52.6 Å². The minimum atomic E-state index is -3.52. The Morgan fingerprint density at radius 2 is 1.88 bits per heavy atom. The SMILES string of the molecule is COC(=O)C1=C(C)CC2CN(S(=O)(=O)c3ccc(C)cc3)CC2=C1. The monoisotopic (exact) mass is 347 g/mol. The highest BCUT2D eigenvalue weighted by Crippen LogP contribution is 2.37. The molecule has 3 rings (SSSR count). The number of allylic oxidation sites excluding steroid dienone is 1. The number of carbonyl (C=O) groups is 1. The van der Waals surface area contributed by atoms with Crippen LogP contribution in [0.1, 0.15) is 18.9 Å². The van der Waals surface area contributed by atoms with Gasteiger partial charge in [0.1, 0.15) is 0 Å². The summed E-state index contributed by atoms with van der Waals surface area (Å²) in [6, 6.07) is 6.89. The molecule has 0 aromatic heterocycles. The van der Waals surface area contributed by atoms with Crippen LogP contribution >= 0.6 is 0 Å². The van der Waals surface area contributed by atoms with Gasteiger partial charge in [-0.25, -0.2) is 13.2 Å². The fourth-order valence-corrected chi connectivity index (χ4v) is 4.77. The maximum atomic E-state index is 12.8. The van der Waals surface area contributed by atoms with Gasteiger partial charge in [0.25, 0.3) is 0 Å². The molecule has 1 atom stereocenters. The number of nitrogens with zero attached hydrogens (tertiary/aromatic N) is 1. The van der Waals surface area contributed by atoms with Gasteiger partial charge >= 0.3 is 5.97 Å². The molecule has 1 aliphatic heterocycles. The standard InChI is InChI=1S/C18H21NO4S/c1-12-4-6-16(7-5-12)24(21,22)19-10-14-8-13(2)17(18(20)23-3)9-15(14)11-19/h4-7,9,14H,8,10-11H2,1-3H3. The molecule has 1 saturated heterocycles. The largest absolute Gasteiger partial charge is 0.465 e. The van der Waals surface area contributed by atoms with Crippen molar-refractivity contribution >= 4 is 16.0 Å². The van der Waals surface area contributed by atoms with Crippen molar-refractivity contribution in [2.45, 2.75) is 25.2 Å². The molecule has 1 aromatic rings. The third kappa shape index (κ3) is 2.91. The smallest absolute Gasteiger partial charge is 0.337 e. The lowest BCUT2D eigenvalue weighted by atomic mass is 9.86. The van der Waals surface area contributed by atoms with Gasteiger partial charge in [-0.2, -0.15) is 4.31 Å². The van der Waals surface area contributed by atoms with Crippen molar-refractivity contribution in [3.63, 3.8) is 0 Å². The summed E-state index contributed by atoms with van der Waals surface area (Å²) in [7, 11) is -2.16. The third-order valence-electron chi connectivity index (χ3n) is 4.71. The van der Waals surface area contributed by atoms with E-state index in [1.165, 1.54) is 11.4 Å². The topological polar surface area (TPSA) is 63.7 Å². The minimum absolute atomic E-state index is 0.138. The van der Waals surface area contributed by atoms with Crippen LogP contribution in [-0.4, -0.2) is 38.9 Å². The zero-order valence-corrected chi connectivity index (χ0v) is 14.9. The number of fused-ring (bicyclic) bond motifs is 1. The first kappa shape index (κ1) is 16.9. The highest BCUT2D eigenvalue weighted by molar-refractivity contribution is 7.89. The molecule has 5 nitrogen and oxygen atoms in total. The van der Waals surface area contributed by atoms with Crippen LogP contribution in [0.25, 0.3) is 0 Å². The van der Waals surface area contributed by atoms with Gasteiger partial charge in [0.2, 0.25) is 10.0 Å². The molecule has 0 saturated carbocycles. The Hall–Kier alpha value is -1.92. The van der Waals surface area contributed by atoms with Crippen molar-refractivity contribution < 1.29 is 17.9 Å². The first-order valence-corrected chi connectivity index (χ1v) is 9.32. The Morgan fingerprint density at radius 3 is 2.50 bits per heavy atom.